The van der Waals surface area contributed by atoms with Gasteiger partial charge >= 0.3 is 0 Å². The van der Waals surface area contributed by atoms with Crippen molar-refractivity contribution < 1.29 is 5.11 Å². The number of aliphatic hydroxyl groups is 1. The Balaban J connectivity index is 2.23. The summed E-state index contributed by atoms with van der Waals surface area (Å²) < 4.78 is 0.802. The highest BCUT2D eigenvalue weighted by Crippen LogP contribution is 2.23. The molecule has 0 radical (unpaired) electrons. The fourth-order valence-corrected chi connectivity index (χ4v) is 2.87. The third-order valence-electron chi connectivity index (χ3n) is 1.95. The molecule has 0 aliphatic heterocycles. The molecule has 1 unspecified atom stereocenters. The van der Waals surface area contributed by atoms with Crippen LogP contribution >= 0.6 is 34.7 Å². The second-order valence-corrected chi connectivity index (χ2v) is 5.98. The van der Waals surface area contributed by atoms with Crippen molar-refractivity contribution in [1.29, 1.82) is 0 Å². The van der Waals surface area contributed by atoms with Gasteiger partial charge in [0.2, 0.25) is 0 Å². The molecule has 0 spiro atoms. The lowest BCUT2D eigenvalue weighted by Gasteiger charge is -2.07. The Morgan fingerprint density at radius 3 is 2.93 bits per heavy atom. The van der Waals surface area contributed by atoms with E-state index in [0.29, 0.717) is 0 Å². The molecule has 1 atom stereocenters. The van der Waals surface area contributed by atoms with Gasteiger partial charge in [0, 0.05) is 11.3 Å². The van der Waals surface area contributed by atoms with Gasteiger partial charge in [-0.1, -0.05) is 11.6 Å². The standard InChI is InChI=1S/C10H15ClOS2/c1-13-6-2-3-8(12)7-9-4-5-10(11)14-9/h4-5,8,12H,2-3,6-7H2,1H3. The van der Waals surface area contributed by atoms with E-state index in [2.05, 4.69) is 6.26 Å². The fourth-order valence-electron chi connectivity index (χ4n) is 1.26. The van der Waals surface area contributed by atoms with Gasteiger partial charge in [-0.15, -0.1) is 11.3 Å². The molecule has 0 aromatic carbocycles. The number of aliphatic hydroxyl groups excluding tert-OH is 1. The molecule has 0 saturated carbocycles. The van der Waals surface area contributed by atoms with E-state index in [1.165, 1.54) is 4.88 Å². The number of rotatable bonds is 6. The van der Waals surface area contributed by atoms with Gasteiger partial charge in [-0.05, 0) is 37.0 Å². The number of hydrogen-bond acceptors (Lipinski definition) is 3. The van der Waals surface area contributed by atoms with Crippen LogP contribution in [0.3, 0.4) is 0 Å². The van der Waals surface area contributed by atoms with Crippen molar-refractivity contribution in [2.24, 2.45) is 0 Å². The van der Waals surface area contributed by atoms with Crippen molar-refractivity contribution in [3.8, 4) is 0 Å². The first-order valence-electron chi connectivity index (χ1n) is 4.63. The molecule has 0 aliphatic carbocycles. The van der Waals surface area contributed by atoms with Crippen LogP contribution in [-0.2, 0) is 6.42 Å². The first-order chi connectivity index (χ1) is 6.72. The summed E-state index contributed by atoms with van der Waals surface area (Å²) in [6, 6.07) is 3.88. The molecule has 1 aromatic heterocycles. The maximum atomic E-state index is 9.69. The summed E-state index contributed by atoms with van der Waals surface area (Å²) in [4.78, 5) is 1.17. The zero-order chi connectivity index (χ0) is 10.4. The Morgan fingerprint density at radius 2 is 2.36 bits per heavy atom. The Bertz CT molecular complexity index is 262. The van der Waals surface area contributed by atoms with Gasteiger partial charge in [0.15, 0.2) is 0 Å². The first kappa shape index (κ1) is 12.4. The molecule has 4 heteroatoms. The largest absolute Gasteiger partial charge is 0.393 e. The van der Waals surface area contributed by atoms with Crippen LogP contribution in [0.4, 0.5) is 0 Å². The van der Waals surface area contributed by atoms with E-state index in [-0.39, 0.29) is 6.10 Å². The van der Waals surface area contributed by atoms with E-state index in [4.69, 9.17) is 11.6 Å². The molecule has 0 saturated heterocycles. The zero-order valence-electron chi connectivity index (χ0n) is 8.20. The predicted molar refractivity (Wildman–Crippen MR) is 66.7 cm³/mol. The molecule has 1 nitrogen and oxygen atoms in total. The smallest absolute Gasteiger partial charge is 0.0931 e. The summed E-state index contributed by atoms with van der Waals surface area (Å²) in [6.45, 7) is 0. The zero-order valence-corrected chi connectivity index (χ0v) is 10.6. The van der Waals surface area contributed by atoms with Crippen LogP contribution in [-0.4, -0.2) is 23.2 Å². The van der Waals surface area contributed by atoms with Gasteiger partial charge in [-0.3, -0.25) is 0 Å². The Kier molecular flexibility index (Phi) is 5.94. The summed E-state index contributed by atoms with van der Waals surface area (Å²) in [5, 5.41) is 9.69. The fraction of sp³-hybridized carbons (Fsp3) is 0.600. The Labute approximate surface area is 98.5 Å². The normalized spacial score (nSPS) is 13.1. The molecule has 0 aliphatic rings. The van der Waals surface area contributed by atoms with E-state index in [1.54, 1.807) is 11.3 Å². The lowest BCUT2D eigenvalue weighted by molar-refractivity contribution is 0.165. The third kappa shape index (κ3) is 4.69. The average molecular weight is 251 g/mol. The summed E-state index contributed by atoms with van der Waals surface area (Å²) in [5.74, 6) is 1.13. The molecular weight excluding hydrogens is 236 g/mol. The van der Waals surface area contributed by atoms with E-state index >= 15 is 0 Å². The van der Waals surface area contributed by atoms with Crippen molar-refractivity contribution in [2.75, 3.05) is 12.0 Å². The number of halogens is 1. The van der Waals surface area contributed by atoms with Crippen LogP contribution < -0.4 is 0 Å². The third-order valence-corrected chi connectivity index (χ3v) is 3.90. The molecule has 80 valence electrons. The monoisotopic (exact) mass is 250 g/mol. The molecule has 14 heavy (non-hydrogen) atoms. The van der Waals surface area contributed by atoms with Crippen molar-refractivity contribution in [3.63, 3.8) is 0 Å². The molecule has 0 amide bonds. The van der Waals surface area contributed by atoms with Crippen molar-refractivity contribution in [2.45, 2.75) is 25.4 Å². The second-order valence-electron chi connectivity index (χ2n) is 3.20. The highest BCUT2D eigenvalue weighted by atomic mass is 35.5. The average Bonchev–Trinajstić information content (AvgIpc) is 2.52. The maximum absolute atomic E-state index is 9.69. The summed E-state index contributed by atoms with van der Waals surface area (Å²) in [6.07, 6.45) is 4.59. The SMILES string of the molecule is CSCCCC(O)Cc1ccc(Cl)s1. The van der Waals surface area contributed by atoms with Crippen LogP contribution in [0.25, 0.3) is 0 Å². The molecule has 1 aromatic rings. The lowest BCUT2D eigenvalue weighted by Crippen LogP contribution is -2.09. The Hall–Kier alpha value is 0.300. The van der Waals surface area contributed by atoms with E-state index in [9.17, 15) is 5.11 Å². The van der Waals surface area contributed by atoms with Crippen LogP contribution in [0.5, 0.6) is 0 Å². The highest BCUT2D eigenvalue weighted by Gasteiger charge is 2.06. The molecule has 1 rings (SSSR count). The number of hydrogen-bond donors (Lipinski definition) is 1. The van der Waals surface area contributed by atoms with Crippen molar-refractivity contribution in [3.05, 3.63) is 21.3 Å². The molecule has 0 fully saturated rings. The van der Waals surface area contributed by atoms with Crippen LogP contribution in [0, 0.1) is 0 Å². The number of thiophene rings is 1. The van der Waals surface area contributed by atoms with Gasteiger partial charge < -0.3 is 5.11 Å². The van der Waals surface area contributed by atoms with Gasteiger partial charge in [-0.25, -0.2) is 0 Å². The summed E-state index contributed by atoms with van der Waals surface area (Å²) in [7, 11) is 0. The van der Waals surface area contributed by atoms with Gasteiger partial charge in [0.25, 0.3) is 0 Å². The number of thioether (sulfide) groups is 1. The van der Waals surface area contributed by atoms with E-state index in [1.807, 2.05) is 23.9 Å². The minimum absolute atomic E-state index is 0.211. The topological polar surface area (TPSA) is 20.2 Å². The van der Waals surface area contributed by atoms with Crippen molar-refractivity contribution >= 4 is 34.7 Å². The Morgan fingerprint density at radius 1 is 1.57 bits per heavy atom. The highest BCUT2D eigenvalue weighted by molar-refractivity contribution is 7.98. The molecule has 0 bridgehead atoms. The summed E-state index contributed by atoms with van der Waals surface area (Å²) >= 11 is 9.18. The van der Waals surface area contributed by atoms with Crippen LogP contribution in [0.1, 0.15) is 17.7 Å². The quantitative estimate of drug-likeness (QED) is 0.781. The van der Waals surface area contributed by atoms with Crippen LogP contribution in [0.2, 0.25) is 4.34 Å². The van der Waals surface area contributed by atoms with E-state index < -0.39 is 0 Å². The minimum Gasteiger partial charge on any atom is -0.393 e. The molecule has 1 N–H and O–H groups in total. The molecular formula is C10H15ClOS2. The lowest BCUT2D eigenvalue weighted by atomic mass is 10.1. The molecule has 1 heterocycles. The van der Waals surface area contributed by atoms with Crippen molar-refractivity contribution in [1.82, 2.24) is 0 Å². The maximum Gasteiger partial charge on any atom is 0.0931 e. The van der Waals surface area contributed by atoms with E-state index in [0.717, 1.165) is 29.4 Å². The van der Waals surface area contributed by atoms with Gasteiger partial charge in [-0.2, -0.15) is 11.8 Å². The van der Waals surface area contributed by atoms with Gasteiger partial charge in [0.05, 0.1) is 10.4 Å². The summed E-state index contributed by atoms with van der Waals surface area (Å²) in [5.41, 5.74) is 0. The minimum atomic E-state index is -0.211. The van der Waals surface area contributed by atoms with Crippen LogP contribution in [0.15, 0.2) is 12.1 Å². The second kappa shape index (κ2) is 6.72. The first-order valence-corrected chi connectivity index (χ1v) is 7.22. The predicted octanol–water partition coefficient (Wildman–Crippen LogP) is 3.45. The van der Waals surface area contributed by atoms with Gasteiger partial charge in [0.1, 0.15) is 0 Å².